The van der Waals surface area contributed by atoms with Crippen LogP contribution >= 0.6 is 0 Å². The second kappa shape index (κ2) is 13.1. The Morgan fingerprint density at radius 2 is 1.81 bits per heavy atom. The van der Waals surface area contributed by atoms with Crippen molar-refractivity contribution in [3.8, 4) is 0 Å². The van der Waals surface area contributed by atoms with Gasteiger partial charge in [0.2, 0.25) is 5.91 Å². The van der Waals surface area contributed by atoms with Crippen LogP contribution in [-0.4, -0.2) is 72.7 Å². The number of aliphatic hydroxyl groups excluding tert-OH is 1. The van der Waals surface area contributed by atoms with Crippen LogP contribution in [0.1, 0.15) is 62.9 Å². The molecule has 0 saturated carbocycles. The monoisotopic (exact) mass is 529 g/mol. The molecule has 1 aromatic carbocycles. The number of rotatable bonds is 11. The van der Waals surface area contributed by atoms with E-state index in [1.54, 1.807) is 0 Å². The Balaban J connectivity index is 2.08. The van der Waals surface area contributed by atoms with Gasteiger partial charge in [-0.15, -0.1) is 0 Å². The van der Waals surface area contributed by atoms with E-state index in [2.05, 4.69) is 21.3 Å². The Hall–Kier alpha value is -2.86. The molecule has 0 radical (unpaired) electrons. The van der Waals surface area contributed by atoms with Crippen molar-refractivity contribution in [1.82, 2.24) is 20.9 Å². The van der Waals surface area contributed by atoms with Crippen LogP contribution in [-0.2, 0) is 11.0 Å². The molecule has 2 unspecified atom stereocenters. The van der Waals surface area contributed by atoms with Gasteiger partial charge in [-0.2, -0.15) is 13.2 Å². The predicted molar refractivity (Wildman–Crippen MR) is 134 cm³/mol. The van der Waals surface area contributed by atoms with E-state index in [9.17, 15) is 32.7 Å². The normalized spacial score (nSPS) is 15.4. The molecule has 4 amide bonds. The van der Waals surface area contributed by atoms with E-state index in [0.29, 0.717) is 45.1 Å². The Labute approximate surface area is 215 Å². The number of urea groups is 1. The smallest absolute Gasteiger partial charge is 0.391 e. The summed E-state index contributed by atoms with van der Waals surface area (Å²) in [6.45, 7) is 9.49. The lowest BCUT2D eigenvalue weighted by atomic mass is 9.96. The van der Waals surface area contributed by atoms with Crippen LogP contribution in [0.25, 0.3) is 0 Å². The van der Waals surface area contributed by atoms with Gasteiger partial charge in [0, 0.05) is 26.2 Å². The molecule has 2 rings (SSSR count). The SMILES string of the molecule is CCCC(O)C(CNCC(C)(C)C)NC(=O)CNC(=O)c1cc(C(F)(F)F)ccc1NC(=O)N1CCC1. The van der Waals surface area contributed by atoms with Gasteiger partial charge < -0.3 is 31.3 Å². The quantitative estimate of drug-likeness (QED) is 0.302. The van der Waals surface area contributed by atoms with E-state index >= 15 is 0 Å². The highest BCUT2D eigenvalue weighted by Gasteiger charge is 2.32. The van der Waals surface area contributed by atoms with Gasteiger partial charge in [0.05, 0.1) is 35.5 Å². The number of carbonyl (C=O) groups excluding carboxylic acids is 3. The molecule has 1 aliphatic rings. The number of halogens is 3. The van der Waals surface area contributed by atoms with Crippen LogP contribution in [0.5, 0.6) is 0 Å². The molecule has 0 aliphatic carbocycles. The molecule has 1 aliphatic heterocycles. The number of aliphatic hydroxyl groups is 1. The third kappa shape index (κ3) is 9.84. The number of amides is 4. The van der Waals surface area contributed by atoms with Crippen molar-refractivity contribution in [3.05, 3.63) is 29.3 Å². The molecule has 1 heterocycles. The highest BCUT2D eigenvalue weighted by Crippen LogP contribution is 2.32. The number of anilines is 1. The molecule has 0 spiro atoms. The Bertz CT molecular complexity index is 945. The Morgan fingerprint density at radius 3 is 2.35 bits per heavy atom. The van der Waals surface area contributed by atoms with Crippen LogP contribution in [0.3, 0.4) is 0 Å². The summed E-state index contributed by atoms with van der Waals surface area (Å²) >= 11 is 0. The van der Waals surface area contributed by atoms with Crippen LogP contribution in [0, 0.1) is 5.41 Å². The van der Waals surface area contributed by atoms with Gasteiger partial charge in [-0.1, -0.05) is 34.1 Å². The number of carbonyl (C=O) groups is 3. The molecule has 1 aromatic rings. The van der Waals surface area contributed by atoms with E-state index < -0.39 is 53.8 Å². The van der Waals surface area contributed by atoms with Crippen molar-refractivity contribution in [2.24, 2.45) is 5.41 Å². The van der Waals surface area contributed by atoms with Gasteiger partial charge in [-0.25, -0.2) is 4.79 Å². The molecule has 0 aromatic heterocycles. The zero-order valence-corrected chi connectivity index (χ0v) is 21.8. The summed E-state index contributed by atoms with van der Waals surface area (Å²) < 4.78 is 39.8. The number of alkyl halides is 3. The summed E-state index contributed by atoms with van der Waals surface area (Å²) in [5.41, 5.74) is -1.57. The number of nitrogens with zero attached hydrogens (tertiary/aromatic N) is 1. The minimum absolute atomic E-state index is 0.00797. The zero-order valence-electron chi connectivity index (χ0n) is 21.8. The first-order chi connectivity index (χ1) is 17.2. The standard InChI is InChI=1S/C25H38F3N5O4/c1-5-7-20(34)19(13-29-15-24(2,3)4)31-21(35)14-30-22(36)17-12-16(25(26,27)28)8-9-18(17)32-23(37)33-10-6-11-33/h8-9,12,19-20,29,34H,5-7,10-11,13-15H2,1-4H3,(H,30,36)(H,31,35)(H,32,37). The summed E-state index contributed by atoms with van der Waals surface area (Å²) in [5.74, 6) is -1.55. The summed E-state index contributed by atoms with van der Waals surface area (Å²) in [6, 6.07) is 1.30. The van der Waals surface area contributed by atoms with E-state index in [1.165, 1.54) is 4.90 Å². The summed E-state index contributed by atoms with van der Waals surface area (Å²) in [7, 11) is 0. The topological polar surface area (TPSA) is 123 Å². The number of hydrogen-bond donors (Lipinski definition) is 5. The molecule has 9 nitrogen and oxygen atoms in total. The van der Waals surface area contributed by atoms with Crippen molar-refractivity contribution in [2.75, 3.05) is 38.0 Å². The third-order valence-corrected chi connectivity index (χ3v) is 5.80. The van der Waals surface area contributed by atoms with Gasteiger partial charge in [0.25, 0.3) is 5.91 Å². The zero-order chi connectivity index (χ0) is 27.8. The highest BCUT2D eigenvalue weighted by molar-refractivity contribution is 6.04. The summed E-state index contributed by atoms with van der Waals surface area (Å²) in [6.07, 6.45) is -3.54. The van der Waals surface area contributed by atoms with Gasteiger partial charge in [-0.3, -0.25) is 9.59 Å². The molecule has 5 N–H and O–H groups in total. The van der Waals surface area contributed by atoms with Crippen molar-refractivity contribution >= 4 is 23.5 Å². The molecule has 0 bridgehead atoms. The first kappa shape index (κ1) is 30.4. The van der Waals surface area contributed by atoms with Crippen molar-refractivity contribution in [2.45, 2.75) is 65.3 Å². The highest BCUT2D eigenvalue weighted by atomic mass is 19.4. The van der Waals surface area contributed by atoms with Crippen LogP contribution in [0.2, 0.25) is 0 Å². The molecule has 37 heavy (non-hydrogen) atoms. The molecule has 2 atom stereocenters. The lowest BCUT2D eigenvalue weighted by Crippen LogP contribution is -2.52. The second-order valence-electron chi connectivity index (χ2n) is 10.4. The maximum Gasteiger partial charge on any atom is 0.416 e. The molecular weight excluding hydrogens is 491 g/mol. The molecular formula is C25H38F3N5O4. The van der Waals surface area contributed by atoms with Crippen LogP contribution in [0.15, 0.2) is 18.2 Å². The Kier molecular flexibility index (Phi) is 10.7. The average Bonchev–Trinajstić information content (AvgIpc) is 2.74. The van der Waals surface area contributed by atoms with Crippen LogP contribution < -0.4 is 21.3 Å². The lowest BCUT2D eigenvalue weighted by molar-refractivity contribution is -0.137. The van der Waals surface area contributed by atoms with Crippen molar-refractivity contribution < 1.29 is 32.7 Å². The summed E-state index contributed by atoms with van der Waals surface area (Å²) in [5, 5.41) is 21.1. The van der Waals surface area contributed by atoms with Crippen molar-refractivity contribution in [1.29, 1.82) is 0 Å². The second-order valence-corrected chi connectivity index (χ2v) is 10.4. The molecule has 12 heteroatoms. The van der Waals surface area contributed by atoms with Crippen LogP contribution in [0.4, 0.5) is 23.7 Å². The first-order valence-corrected chi connectivity index (χ1v) is 12.4. The largest absolute Gasteiger partial charge is 0.416 e. The number of likely N-dealkylation sites (tertiary alicyclic amines) is 1. The number of nitrogens with one attached hydrogen (secondary N) is 4. The molecule has 1 saturated heterocycles. The third-order valence-electron chi connectivity index (χ3n) is 5.80. The number of hydrogen-bond acceptors (Lipinski definition) is 5. The molecule has 208 valence electrons. The van der Waals surface area contributed by atoms with E-state index in [0.717, 1.165) is 18.6 Å². The van der Waals surface area contributed by atoms with E-state index in [1.807, 2.05) is 27.7 Å². The maximum absolute atomic E-state index is 13.3. The fourth-order valence-electron chi connectivity index (χ4n) is 3.63. The van der Waals surface area contributed by atoms with Gasteiger partial charge >= 0.3 is 12.2 Å². The fourth-order valence-corrected chi connectivity index (χ4v) is 3.63. The number of benzene rings is 1. The molecule has 1 fully saturated rings. The van der Waals surface area contributed by atoms with Gasteiger partial charge in [-0.05, 0) is 36.5 Å². The van der Waals surface area contributed by atoms with Gasteiger partial charge in [0.15, 0.2) is 0 Å². The summed E-state index contributed by atoms with van der Waals surface area (Å²) in [4.78, 5) is 39.1. The Morgan fingerprint density at radius 1 is 1.14 bits per heavy atom. The minimum atomic E-state index is -4.70. The lowest BCUT2D eigenvalue weighted by Gasteiger charge is -2.31. The maximum atomic E-state index is 13.3. The fraction of sp³-hybridized carbons (Fsp3) is 0.640. The van der Waals surface area contributed by atoms with E-state index in [4.69, 9.17) is 0 Å². The van der Waals surface area contributed by atoms with Crippen molar-refractivity contribution in [3.63, 3.8) is 0 Å². The minimum Gasteiger partial charge on any atom is -0.391 e. The van der Waals surface area contributed by atoms with E-state index in [-0.39, 0.29) is 11.1 Å². The van der Waals surface area contributed by atoms with Gasteiger partial charge in [0.1, 0.15) is 0 Å². The first-order valence-electron chi connectivity index (χ1n) is 12.4. The average molecular weight is 530 g/mol. The predicted octanol–water partition coefficient (Wildman–Crippen LogP) is 2.95.